The van der Waals surface area contributed by atoms with Crippen LogP contribution >= 0.6 is 11.8 Å². The van der Waals surface area contributed by atoms with E-state index in [1.165, 1.54) is 10.6 Å². The molecule has 0 radical (unpaired) electrons. The molecule has 2 heterocycles. The third-order valence-electron chi connectivity index (χ3n) is 1.30. The van der Waals surface area contributed by atoms with Gasteiger partial charge in [-0.15, -0.1) is 11.8 Å². The average molecular weight is 138 g/mol. The van der Waals surface area contributed by atoms with Crippen LogP contribution in [0.2, 0.25) is 0 Å². The summed E-state index contributed by atoms with van der Waals surface area (Å²) in [5.74, 6) is 1.07. The average Bonchev–Trinajstić information content (AvgIpc) is 2.33. The SMILES string of the molecule is C1=NCN=C2SCC=C12. The van der Waals surface area contributed by atoms with E-state index in [0.29, 0.717) is 6.67 Å². The van der Waals surface area contributed by atoms with Crippen molar-refractivity contribution in [2.24, 2.45) is 9.98 Å². The monoisotopic (exact) mass is 138 g/mol. The van der Waals surface area contributed by atoms with Gasteiger partial charge in [0.1, 0.15) is 11.7 Å². The first kappa shape index (κ1) is 5.23. The lowest BCUT2D eigenvalue weighted by atomic mass is 10.3. The number of hydrogen-bond donors (Lipinski definition) is 0. The summed E-state index contributed by atoms with van der Waals surface area (Å²) in [6.45, 7) is 0.625. The molecule has 0 amide bonds. The minimum atomic E-state index is 0.625. The molecule has 2 rings (SSSR count). The molecule has 0 fully saturated rings. The van der Waals surface area contributed by atoms with Gasteiger partial charge in [-0.05, 0) is 0 Å². The Morgan fingerprint density at radius 3 is 3.44 bits per heavy atom. The van der Waals surface area contributed by atoms with Crippen molar-refractivity contribution in [1.82, 2.24) is 0 Å². The molecule has 0 bridgehead atoms. The molecule has 0 aromatic heterocycles. The summed E-state index contributed by atoms with van der Waals surface area (Å²) in [6, 6.07) is 0. The molecule has 0 aromatic carbocycles. The molecule has 9 heavy (non-hydrogen) atoms. The molecule has 2 aliphatic heterocycles. The summed E-state index contributed by atoms with van der Waals surface area (Å²) >= 11 is 1.79. The predicted molar refractivity (Wildman–Crippen MR) is 41.3 cm³/mol. The zero-order valence-corrected chi connectivity index (χ0v) is 5.69. The van der Waals surface area contributed by atoms with E-state index in [1.807, 2.05) is 6.21 Å². The molecular formula is C6H6N2S. The van der Waals surface area contributed by atoms with Crippen LogP contribution in [0.1, 0.15) is 0 Å². The van der Waals surface area contributed by atoms with Gasteiger partial charge in [0.25, 0.3) is 0 Å². The van der Waals surface area contributed by atoms with Crippen molar-refractivity contribution in [3.8, 4) is 0 Å². The molecule has 2 aliphatic rings. The number of rotatable bonds is 0. The molecule has 3 heteroatoms. The summed E-state index contributed by atoms with van der Waals surface area (Å²) in [4.78, 5) is 8.23. The lowest BCUT2D eigenvalue weighted by Crippen LogP contribution is -2.00. The number of aliphatic imine (C=N–C) groups is 2. The number of hydrogen-bond acceptors (Lipinski definition) is 3. The Bertz CT molecular complexity index is 215. The van der Waals surface area contributed by atoms with E-state index < -0.39 is 0 Å². The normalized spacial score (nSPS) is 23.1. The molecular weight excluding hydrogens is 132 g/mol. The Morgan fingerprint density at radius 1 is 1.56 bits per heavy atom. The molecule has 0 aliphatic carbocycles. The fraction of sp³-hybridized carbons (Fsp3) is 0.333. The van der Waals surface area contributed by atoms with E-state index in [4.69, 9.17) is 0 Å². The lowest BCUT2D eigenvalue weighted by molar-refractivity contribution is 1.07. The van der Waals surface area contributed by atoms with Gasteiger partial charge in [0.05, 0.1) is 0 Å². The van der Waals surface area contributed by atoms with E-state index in [0.717, 1.165) is 5.75 Å². The van der Waals surface area contributed by atoms with Crippen molar-refractivity contribution >= 4 is 23.0 Å². The third kappa shape index (κ3) is 0.812. The van der Waals surface area contributed by atoms with Crippen molar-refractivity contribution < 1.29 is 0 Å². The highest BCUT2D eigenvalue weighted by molar-refractivity contribution is 8.15. The van der Waals surface area contributed by atoms with Crippen LogP contribution in [0.3, 0.4) is 0 Å². The minimum Gasteiger partial charge on any atom is -0.269 e. The molecule has 46 valence electrons. The van der Waals surface area contributed by atoms with Crippen LogP contribution in [0.5, 0.6) is 0 Å². The fourth-order valence-corrected chi connectivity index (χ4v) is 1.74. The van der Waals surface area contributed by atoms with Crippen LogP contribution in [0.4, 0.5) is 0 Å². The minimum absolute atomic E-state index is 0.625. The molecule has 2 nitrogen and oxygen atoms in total. The van der Waals surface area contributed by atoms with Crippen molar-refractivity contribution in [2.75, 3.05) is 12.4 Å². The smallest absolute Gasteiger partial charge is 0.130 e. The fourth-order valence-electron chi connectivity index (χ4n) is 0.870. The Morgan fingerprint density at radius 2 is 2.56 bits per heavy atom. The van der Waals surface area contributed by atoms with Gasteiger partial charge in [0.15, 0.2) is 0 Å². The highest BCUT2D eigenvalue weighted by Gasteiger charge is 2.12. The number of fused-ring (bicyclic) bond motifs is 1. The van der Waals surface area contributed by atoms with Crippen molar-refractivity contribution in [3.63, 3.8) is 0 Å². The molecule has 0 saturated heterocycles. The van der Waals surface area contributed by atoms with Gasteiger partial charge in [0, 0.05) is 17.5 Å². The first-order chi connectivity index (χ1) is 4.47. The quantitative estimate of drug-likeness (QED) is 0.492. The summed E-state index contributed by atoms with van der Waals surface area (Å²) in [5, 5.41) is 1.17. The Labute approximate surface area is 57.8 Å². The van der Waals surface area contributed by atoms with E-state index in [1.54, 1.807) is 11.8 Å². The zero-order valence-electron chi connectivity index (χ0n) is 4.87. The number of nitrogens with zero attached hydrogens (tertiary/aromatic N) is 2. The maximum absolute atomic E-state index is 4.20. The van der Waals surface area contributed by atoms with Gasteiger partial charge in [-0.3, -0.25) is 9.98 Å². The molecule has 0 saturated carbocycles. The van der Waals surface area contributed by atoms with Crippen LogP contribution in [0.25, 0.3) is 0 Å². The molecule has 0 unspecified atom stereocenters. The van der Waals surface area contributed by atoms with E-state index >= 15 is 0 Å². The Balaban J connectivity index is 2.37. The topological polar surface area (TPSA) is 24.7 Å². The Hall–Kier alpha value is -0.570. The van der Waals surface area contributed by atoms with Gasteiger partial charge < -0.3 is 0 Å². The van der Waals surface area contributed by atoms with Crippen LogP contribution in [0.15, 0.2) is 21.6 Å². The van der Waals surface area contributed by atoms with E-state index in [9.17, 15) is 0 Å². The van der Waals surface area contributed by atoms with Crippen molar-refractivity contribution in [2.45, 2.75) is 0 Å². The highest BCUT2D eigenvalue weighted by Crippen LogP contribution is 2.21. The van der Waals surface area contributed by atoms with Crippen LogP contribution in [-0.2, 0) is 0 Å². The predicted octanol–water partition coefficient (Wildman–Crippen LogP) is 1.10. The van der Waals surface area contributed by atoms with Crippen molar-refractivity contribution in [1.29, 1.82) is 0 Å². The first-order valence-electron chi connectivity index (χ1n) is 2.84. The largest absolute Gasteiger partial charge is 0.269 e. The van der Waals surface area contributed by atoms with Gasteiger partial charge in [0.2, 0.25) is 0 Å². The first-order valence-corrected chi connectivity index (χ1v) is 3.83. The van der Waals surface area contributed by atoms with Crippen LogP contribution in [0, 0.1) is 0 Å². The second-order valence-corrected chi connectivity index (χ2v) is 2.90. The molecule has 0 atom stereocenters. The third-order valence-corrected chi connectivity index (χ3v) is 2.27. The van der Waals surface area contributed by atoms with E-state index in [2.05, 4.69) is 16.1 Å². The zero-order chi connectivity index (χ0) is 6.10. The summed E-state index contributed by atoms with van der Waals surface area (Å²) in [7, 11) is 0. The summed E-state index contributed by atoms with van der Waals surface area (Å²) < 4.78 is 0. The number of thioether (sulfide) groups is 1. The van der Waals surface area contributed by atoms with Crippen molar-refractivity contribution in [3.05, 3.63) is 11.6 Å². The lowest BCUT2D eigenvalue weighted by Gasteiger charge is -2.00. The molecule has 0 spiro atoms. The van der Waals surface area contributed by atoms with Gasteiger partial charge >= 0.3 is 0 Å². The molecule has 0 aromatic rings. The van der Waals surface area contributed by atoms with E-state index in [-0.39, 0.29) is 0 Å². The standard InChI is InChI=1S/C6H6N2S/c1-2-9-6-5(1)3-7-4-8-6/h1,3H,2,4H2. The van der Waals surface area contributed by atoms with Gasteiger partial charge in [-0.2, -0.15) is 0 Å². The summed E-state index contributed by atoms with van der Waals surface area (Å²) in [5.41, 5.74) is 1.21. The maximum atomic E-state index is 4.20. The maximum Gasteiger partial charge on any atom is 0.130 e. The summed E-state index contributed by atoms with van der Waals surface area (Å²) in [6.07, 6.45) is 4.06. The van der Waals surface area contributed by atoms with Crippen LogP contribution < -0.4 is 0 Å². The second kappa shape index (κ2) is 1.99. The highest BCUT2D eigenvalue weighted by atomic mass is 32.2. The molecule has 0 N–H and O–H groups in total. The van der Waals surface area contributed by atoms with Crippen LogP contribution in [-0.4, -0.2) is 23.7 Å². The van der Waals surface area contributed by atoms with Gasteiger partial charge in [-0.1, -0.05) is 6.08 Å². The Kier molecular flexibility index (Phi) is 1.16. The van der Waals surface area contributed by atoms with Gasteiger partial charge in [-0.25, -0.2) is 0 Å². The second-order valence-electron chi connectivity index (χ2n) is 1.89.